The van der Waals surface area contributed by atoms with Gasteiger partial charge in [-0.25, -0.2) is 17.5 Å². The number of halogens is 3. The molecular weight excluding hydrogens is 567 g/mol. The molecule has 208 valence electrons. The number of nitrogens with one attached hydrogen (secondary N) is 2. The summed E-state index contributed by atoms with van der Waals surface area (Å²) in [6.45, 7) is -0.997. The second kappa shape index (κ2) is 11.6. The van der Waals surface area contributed by atoms with Gasteiger partial charge in [0.15, 0.2) is 0 Å². The highest BCUT2D eigenvalue weighted by Gasteiger charge is 2.38. The lowest BCUT2D eigenvalue weighted by atomic mass is 9.89. The Morgan fingerprint density at radius 2 is 1.60 bits per heavy atom. The number of benzene rings is 3. The van der Waals surface area contributed by atoms with Gasteiger partial charge in [-0.15, -0.1) is 0 Å². The zero-order chi connectivity index (χ0) is 29.0. The van der Waals surface area contributed by atoms with Gasteiger partial charge in [-0.1, -0.05) is 72.4 Å². The normalized spacial score (nSPS) is 18.7. The zero-order valence-electron chi connectivity index (χ0n) is 20.5. The summed E-state index contributed by atoms with van der Waals surface area (Å²) in [7, 11) is -4.76. The molecule has 3 aromatic carbocycles. The van der Waals surface area contributed by atoms with Crippen molar-refractivity contribution in [2.45, 2.75) is 26.6 Å². The van der Waals surface area contributed by atoms with Gasteiger partial charge in [0.05, 0.1) is 16.4 Å². The molecular formula is C27H22F3N3O5S2. The number of hydrogen-bond donors (Lipinski definition) is 2. The number of amides is 1. The Morgan fingerprint density at radius 3 is 2.20 bits per heavy atom. The van der Waals surface area contributed by atoms with Crippen LogP contribution in [0.1, 0.15) is 11.5 Å². The van der Waals surface area contributed by atoms with Crippen LogP contribution in [0.15, 0.2) is 113 Å². The van der Waals surface area contributed by atoms with E-state index in [1.807, 2.05) is 18.2 Å². The average Bonchev–Trinajstić information content (AvgIpc) is 2.93. The highest BCUT2D eigenvalue weighted by Crippen LogP contribution is 2.37. The number of nitrogens with zero attached hydrogens (tertiary/aromatic N) is 1. The fourth-order valence-corrected chi connectivity index (χ4v) is 5.60. The molecule has 0 bridgehead atoms. The Labute approximate surface area is 232 Å². The number of anilines is 1. The number of alkyl halides is 3. The number of carbonyl (C=O) groups excluding carboxylic acids is 1. The number of hydrogen-bond acceptors (Lipinski definition) is 7. The third-order valence-electron chi connectivity index (χ3n) is 5.82. The maximum absolute atomic E-state index is 15.3. The number of rotatable bonds is 10. The van der Waals surface area contributed by atoms with Crippen molar-refractivity contribution in [2.24, 2.45) is 0 Å². The van der Waals surface area contributed by atoms with Gasteiger partial charge in [0, 0.05) is 16.9 Å². The minimum Gasteiger partial charge on any atom is -0.373 e. The predicted molar refractivity (Wildman–Crippen MR) is 145 cm³/mol. The van der Waals surface area contributed by atoms with Crippen molar-refractivity contribution in [2.75, 3.05) is 11.9 Å². The lowest BCUT2D eigenvalue weighted by Crippen LogP contribution is -2.44. The van der Waals surface area contributed by atoms with E-state index in [1.165, 1.54) is 24.3 Å². The fraction of sp³-hybridized carbons (Fsp3) is 0.148. The molecule has 0 saturated carbocycles. The van der Waals surface area contributed by atoms with Gasteiger partial charge in [-0.3, -0.25) is 14.9 Å². The van der Waals surface area contributed by atoms with Gasteiger partial charge >= 0.3 is 5.25 Å². The molecule has 0 aliphatic heterocycles. The SMILES string of the molecule is O=C(NS(=O)(=O)c1ccc(NCC(F)(F)Sc2ccccc2)c([N+](=O)[O-])c1)C1(F)C=CC(c2ccccc2)C=C1. The van der Waals surface area contributed by atoms with Crippen LogP contribution < -0.4 is 10.0 Å². The third kappa shape index (κ3) is 6.90. The molecule has 0 unspecified atom stereocenters. The minimum atomic E-state index is -4.76. The second-order valence-corrected chi connectivity index (χ2v) is 11.7. The number of thioether (sulfide) groups is 1. The number of nitro groups is 1. The first-order chi connectivity index (χ1) is 18.9. The van der Waals surface area contributed by atoms with Crippen LogP contribution in [0.5, 0.6) is 0 Å². The van der Waals surface area contributed by atoms with Gasteiger partial charge in [0.2, 0.25) is 5.67 Å². The van der Waals surface area contributed by atoms with Gasteiger partial charge in [-0.05, 0) is 42.0 Å². The molecule has 40 heavy (non-hydrogen) atoms. The van der Waals surface area contributed by atoms with Crippen LogP contribution in [0.3, 0.4) is 0 Å². The first-order valence-electron chi connectivity index (χ1n) is 11.7. The average molecular weight is 590 g/mol. The van der Waals surface area contributed by atoms with Gasteiger partial charge in [0.25, 0.3) is 21.6 Å². The number of carbonyl (C=O) groups is 1. The Bertz CT molecular complexity index is 1550. The van der Waals surface area contributed by atoms with E-state index in [-0.39, 0.29) is 28.3 Å². The smallest absolute Gasteiger partial charge is 0.315 e. The first-order valence-corrected chi connectivity index (χ1v) is 14.0. The summed E-state index contributed by atoms with van der Waals surface area (Å²) in [4.78, 5) is 22.8. The summed E-state index contributed by atoms with van der Waals surface area (Å²) in [5, 5.41) is 10.5. The van der Waals surface area contributed by atoms with Gasteiger partial charge < -0.3 is 5.32 Å². The van der Waals surface area contributed by atoms with Crippen LogP contribution in [0.25, 0.3) is 0 Å². The van der Waals surface area contributed by atoms with Crippen molar-refractivity contribution in [3.8, 4) is 0 Å². The third-order valence-corrected chi connectivity index (χ3v) is 8.10. The highest BCUT2D eigenvalue weighted by molar-refractivity contribution is 8.00. The molecule has 0 saturated heterocycles. The maximum Gasteiger partial charge on any atom is 0.315 e. The standard InChI is InChI=1S/C27H22F3N3O5S2/c28-26(15-13-20(14-16-26)19-7-3-1-4-8-19)25(34)32-40(37,38)22-11-12-23(24(17-22)33(35)36)31-18-27(29,30)39-21-9-5-2-6-10-21/h1-17,20,31H,18H2,(H,32,34). The molecule has 0 spiro atoms. The molecule has 0 heterocycles. The second-order valence-electron chi connectivity index (χ2n) is 8.70. The number of sulfonamides is 1. The number of nitro benzene ring substituents is 1. The Balaban J connectivity index is 1.47. The van der Waals surface area contributed by atoms with Gasteiger partial charge in [0.1, 0.15) is 5.69 Å². The molecule has 0 aromatic heterocycles. The van der Waals surface area contributed by atoms with E-state index < -0.39 is 48.9 Å². The molecule has 0 atom stereocenters. The molecule has 0 radical (unpaired) electrons. The molecule has 0 fully saturated rings. The molecule has 1 aliphatic carbocycles. The largest absolute Gasteiger partial charge is 0.373 e. The molecule has 2 N–H and O–H groups in total. The summed E-state index contributed by atoms with van der Waals surface area (Å²) >= 11 is 0.250. The van der Waals surface area contributed by atoms with Crippen molar-refractivity contribution in [3.05, 3.63) is 119 Å². The highest BCUT2D eigenvalue weighted by atomic mass is 32.2. The van der Waals surface area contributed by atoms with E-state index >= 15 is 4.39 Å². The van der Waals surface area contributed by atoms with Crippen molar-refractivity contribution >= 4 is 39.1 Å². The quantitative estimate of drug-likeness (QED) is 0.133. The van der Waals surface area contributed by atoms with E-state index in [0.717, 1.165) is 29.8 Å². The summed E-state index contributed by atoms with van der Waals surface area (Å²) in [5.41, 5.74) is -3.14. The molecule has 13 heteroatoms. The van der Waals surface area contributed by atoms with Crippen LogP contribution in [0.4, 0.5) is 24.5 Å². The van der Waals surface area contributed by atoms with Crippen molar-refractivity contribution in [3.63, 3.8) is 0 Å². The summed E-state index contributed by atoms with van der Waals surface area (Å²) in [6, 6.07) is 19.2. The van der Waals surface area contributed by atoms with Crippen LogP contribution in [0, 0.1) is 10.1 Å². The van der Waals surface area contributed by atoms with Crippen molar-refractivity contribution in [1.29, 1.82) is 0 Å². The predicted octanol–water partition coefficient (Wildman–Crippen LogP) is 5.81. The first kappa shape index (κ1) is 28.9. The van der Waals surface area contributed by atoms with Crippen LogP contribution >= 0.6 is 11.8 Å². The fourth-order valence-electron chi connectivity index (χ4n) is 3.79. The summed E-state index contributed by atoms with van der Waals surface area (Å²) in [6.07, 6.45) is 4.69. The van der Waals surface area contributed by atoms with Crippen LogP contribution in [-0.4, -0.2) is 36.7 Å². The van der Waals surface area contributed by atoms with E-state index in [9.17, 15) is 32.1 Å². The van der Waals surface area contributed by atoms with Crippen molar-refractivity contribution in [1.82, 2.24) is 4.72 Å². The van der Waals surface area contributed by atoms with E-state index in [0.29, 0.717) is 6.07 Å². The molecule has 8 nitrogen and oxygen atoms in total. The minimum absolute atomic E-state index is 0.250. The molecule has 3 aromatic rings. The Hall–Kier alpha value is -4.10. The molecule has 1 amide bonds. The molecule has 4 rings (SSSR count). The Kier molecular flexibility index (Phi) is 8.35. The topological polar surface area (TPSA) is 118 Å². The van der Waals surface area contributed by atoms with Gasteiger partial charge in [-0.2, -0.15) is 8.78 Å². The van der Waals surface area contributed by atoms with Crippen LogP contribution in [0.2, 0.25) is 0 Å². The zero-order valence-corrected chi connectivity index (χ0v) is 22.2. The van der Waals surface area contributed by atoms with E-state index in [4.69, 9.17) is 0 Å². The monoisotopic (exact) mass is 589 g/mol. The lowest BCUT2D eigenvalue weighted by molar-refractivity contribution is -0.384. The Morgan fingerprint density at radius 1 is 1.00 bits per heavy atom. The van der Waals surface area contributed by atoms with Crippen molar-refractivity contribution < 1.29 is 31.3 Å². The van der Waals surface area contributed by atoms with Crippen LogP contribution in [-0.2, 0) is 14.8 Å². The lowest BCUT2D eigenvalue weighted by Gasteiger charge is -2.22. The number of allylic oxidation sites excluding steroid dienone is 2. The van der Waals surface area contributed by atoms with E-state index in [2.05, 4.69) is 5.32 Å². The van der Waals surface area contributed by atoms with E-state index in [1.54, 1.807) is 35.1 Å². The molecule has 1 aliphatic rings. The summed E-state index contributed by atoms with van der Waals surface area (Å²) < 4.78 is 71.3. The summed E-state index contributed by atoms with van der Waals surface area (Å²) in [5.74, 6) is -1.84. The maximum atomic E-state index is 15.3.